The van der Waals surface area contributed by atoms with Gasteiger partial charge in [0.05, 0.1) is 6.61 Å². The number of aromatic amines is 1. The van der Waals surface area contributed by atoms with Crippen LogP contribution in [0.15, 0.2) is 24.3 Å². The van der Waals surface area contributed by atoms with Crippen LogP contribution in [0, 0.1) is 5.82 Å². The number of H-pyrrole nitrogens is 1. The molecule has 0 saturated carbocycles. The third-order valence-corrected chi connectivity index (χ3v) is 4.64. The van der Waals surface area contributed by atoms with Gasteiger partial charge in [0.2, 0.25) is 0 Å². The van der Waals surface area contributed by atoms with E-state index in [0.29, 0.717) is 29.7 Å². The van der Waals surface area contributed by atoms with E-state index in [1.807, 2.05) is 0 Å². The van der Waals surface area contributed by atoms with Crippen LogP contribution < -0.4 is 0 Å². The predicted octanol–water partition coefficient (Wildman–Crippen LogP) is 1.84. The maximum Gasteiger partial charge on any atom is 0.270 e. The molecule has 5 nitrogen and oxygen atoms in total. The molecule has 2 N–H and O–H groups in total. The zero-order chi connectivity index (χ0) is 16.4. The number of rotatable bonds is 4. The molecule has 3 rings (SSSR count). The molecular weight excluding hydrogens is 297 g/mol. The second-order valence-corrected chi connectivity index (χ2v) is 5.96. The number of benzene rings is 1. The molecule has 1 atom stereocenters. The monoisotopic (exact) mass is 319 g/mol. The molecule has 1 saturated heterocycles. The summed E-state index contributed by atoms with van der Waals surface area (Å²) in [5.41, 5.74) is 1.06. The van der Waals surface area contributed by atoms with Gasteiger partial charge in [0.15, 0.2) is 0 Å². The molecule has 0 radical (unpaired) electrons. The Labute approximate surface area is 134 Å². The smallest absolute Gasteiger partial charge is 0.270 e. The lowest BCUT2D eigenvalue weighted by Gasteiger charge is -2.38. The molecule has 23 heavy (non-hydrogen) atoms. The molecule has 1 fully saturated rings. The van der Waals surface area contributed by atoms with Gasteiger partial charge in [0.1, 0.15) is 11.5 Å². The fourth-order valence-corrected chi connectivity index (χ4v) is 3.20. The first-order chi connectivity index (χ1) is 11.1. The summed E-state index contributed by atoms with van der Waals surface area (Å²) in [4.78, 5) is 19.6. The van der Waals surface area contributed by atoms with Crippen molar-refractivity contribution in [2.75, 3.05) is 32.8 Å². The van der Waals surface area contributed by atoms with E-state index in [9.17, 15) is 14.3 Å². The summed E-state index contributed by atoms with van der Waals surface area (Å²) >= 11 is 0. The minimum atomic E-state index is -0.323. The van der Waals surface area contributed by atoms with Crippen molar-refractivity contribution in [2.24, 2.45) is 0 Å². The number of hydrogen-bond acceptors (Lipinski definition) is 3. The van der Waals surface area contributed by atoms with E-state index >= 15 is 0 Å². The standard InChI is InChI=1S/C17H22FN3O2/c1-2-12(11-22)20-6-8-21(9-7-20)17(23)16-10-13-14(18)4-3-5-15(13)19-16/h3-5,10,12,19,22H,2,6-9,11H2,1H3. The van der Waals surface area contributed by atoms with Gasteiger partial charge in [0, 0.05) is 43.1 Å². The number of carbonyl (C=O) groups excluding carboxylic acids is 1. The largest absolute Gasteiger partial charge is 0.395 e. The Kier molecular flexibility index (Phi) is 4.63. The fourth-order valence-electron chi connectivity index (χ4n) is 3.20. The van der Waals surface area contributed by atoms with Gasteiger partial charge in [-0.15, -0.1) is 0 Å². The first-order valence-electron chi connectivity index (χ1n) is 8.05. The third kappa shape index (κ3) is 3.09. The summed E-state index contributed by atoms with van der Waals surface area (Å²) < 4.78 is 13.7. The summed E-state index contributed by atoms with van der Waals surface area (Å²) in [5.74, 6) is -0.423. The lowest BCUT2D eigenvalue weighted by Crippen LogP contribution is -2.52. The number of halogens is 1. The zero-order valence-electron chi connectivity index (χ0n) is 13.3. The van der Waals surface area contributed by atoms with Gasteiger partial charge in [-0.3, -0.25) is 9.69 Å². The summed E-state index contributed by atoms with van der Waals surface area (Å²) in [6.07, 6.45) is 0.895. The van der Waals surface area contributed by atoms with Crippen molar-refractivity contribution in [3.05, 3.63) is 35.8 Å². The van der Waals surface area contributed by atoms with Gasteiger partial charge < -0.3 is 15.0 Å². The Morgan fingerprint density at radius 1 is 1.35 bits per heavy atom. The number of nitrogens with one attached hydrogen (secondary N) is 1. The Balaban J connectivity index is 1.70. The van der Waals surface area contributed by atoms with Crippen LogP contribution in [0.1, 0.15) is 23.8 Å². The molecular formula is C17H22FN3O2. The number of piperazine rings is 1. The Hall–Kier alpha value is -1.92. The molecule has 0 bridgehead atoms. The number of hydrogen-bond donors (Lipinski definition) is 2. The Bertz CT molecular complexity index is 688. The molecule has 0 spiro atoms. The molecule has 0 aliphatic carbocycles. The average Bonchev–Trinajstić information content (AvgIpc) is 3.02. The maximum atomic E-state index is 13.7. The van der Waals surface area contributed by atoms with E-state index in [2.05, 4.69) is 16.8 Å². The molecule has 6 heteroatoms. The molecule has 2 heterocycles. The van der Waals surface area contributed by atoms with E-state index < -0.39 is 0 Å². The topological polar surface area (TPSA) is 59.6 Å². The minimum Gasteiger partial charge on any atom is -0.395 e. The summed E-state index contributed by atoms with van der Waals surface area (Å²) in [7, 11) is 0. The number of aliphatic hydroxyl groups excluding tert-OH is 1. The number of aromatic nitrogens is 1. The lowest BCUT2D eigenvalue weighted by molar-refractivity contribution is 0.0469. The highest BCUT2D eigenvalue weighted by Gasteiger charge is 2.26. The van der Waals surface area contributed by atoms with Crippen LogP contribution in [-0.2, 0) is 0 Å². The summed E-state index contributed by atoms with van der Waals surface area (Å²) in [6, 6.07) is 6.53. The van der Waals surface area contributed by atoms with E-state index in [4.69, 9.17) is 0 Å². The number of carbonyl (C=O) groups is 1. The van der Waals surface area contributed by atoms with Crippen LogP contribution in [0.25, 0.3) is 10.9 Å². The number of amides is 1. The Morgan fingerprint density at radius 3 is 2.70 bits per heavy atom. The van der Waals surface area contributed by atoms with Gasteiger partial charge >= 0.3 is 0 Å². The highest BCUT2D eigenvalue weighted by molar-refractivity contribution is 5.98. The third-order valence-electron chi connectivity index (χ3n) is 4.64. The SMILES string of the molecule is CCC(CO)N1CCN(C(=O)c2cc3c(F)cccc3[nH]2)CC1. The van der Waals surface area contributed by atoms with Crippen molar-refractivity contribution in [1.29, 1.82) is 0 Å². The van der Waals surface area contributed by atoms with E-state index in [1.54, 1.807) is 23.1 Å². The number of fused-ring (bicyclic) bond motifs is 1. The van der Waals surface area contributed by atoms with Crippen molar-refractivity contribution >= 4 is 16.8 Å². The zero-order valence-corrected chi connectivity index (χ0v) is 13.3. The first kappa shape index (κ1) is 16.0. The van der Waals surface area contributed by atoms with Crippen molar-refractivity contribution in [3.63, 3.8) is 0 Å². The molecule has 1 aliphatic rings. The first-order valence-corrected chi connectivity index (χ1v) is 8.05. The maximum absolute atomic E-state index is 13.7. The van der Waals surface area contributed by atoms with Crippen molar-refractivity contribution < 1.29 is 14.3 Å². The predicted molar refractivity (Wildman–Crippen MR) is 86.9 cm³/mol. The molecule has 1 aromatic carbocycles. The van der Waals surface area contributed by atoms with Gasteiger partial charge in [-0.25, -0.2) is 4.39 Å². The summed E-state index contributed by atoms with van der Waals surface area (Å²) in [5, 5.41) is 9.82. The highest BCUT2D eigenvalue weighted by Crippen LogP contribution is 2.20. The normalized spacial score (nSPS) is 17.6. The molecule has 124 valence electrons. The van der Waals surface area contributed by atoms with Gasteiger partial charge in [-0.05, 0) is 24.6 Å². The minimum absolute atomic E-state index is 0.0997. The number of aliphatic hydroxyl groups is 1. The van der Waals surface area contributed by atoms with Gasteiger partial charge in [0.25, 0.3) is 5.91 Å². The van der Waals surface area contributed by atoms with Crippen LogP contribution in [0.2, 0.25) is 0 Å². The molecule has 2 aromatic rings. The van der Waals surface area contributed by atoms with Crippen LogP contribution in [0.3, 0.4) is 0 Å². The van der Waals surface area contributed by atoms with Crippen LogP contribution in [-0.4, -0.2) is 64.6 Å². The lowest BCUT2D eigenvalue weighted by atomic mass is 10.1. The molecule has 1 aromatic heterocycles. The fraction of sp³-hybridized carbons (Fsp3) is 0.471. The second kappa shape index (κ2) is 6.68. The summed E-state index contributed by atoms with van der Waals surface area (Å²) in [6.45, 7) is 4.93. The quantitative estimate of drug-likeness (QED) is 0.904. The van der Waals surface area contributed by atoms with Crippen molar-refractivity contribution in [1.82, 2.24) is 14.8 Å². The highest BCUT2D eigenvalue weighted by atomic mass is 19.1. The van der Waals surface area contributed by atoms with Gasteiger partial charge in [-0.1, -0.05) is 13.0 Å². The molecule has 1 unspecified atom stereocenters. The van der Waals surface area contributed by atoms with Crippen LogP contribution in [0.5, 0.6) is 0 Å². The van der Waals surface area contributed by atoms with E-state index in [-0.39, 0.29) is 24.4 Å². The van der Waals surface area contributed by atoms with E-state index in [0.717, 1.165) is 19.5 Å². The number of nitrogens with zero attached hydrogens (tertiary/aromatic N) is 2. The Morgan fingerprint density at radius 2 is 2.09 bits per heavy atom. The van der Waals surface area contributed by atoms with Crippen LogP contribution in [0.4, 0.5) is 4.39 Å². The van der Waals surface area contributed by atoms with Crippen LogP contribution >= 0.6 is 0 Å². The molecule has 1 aliphatic heterocycles. The van der Waals surface area contributed by atoms with E-state index in [1.165, 1.54) is 6.07 Å². The second-order valence-electron chi connectivity index (χ2n) is 5.96. The van der Waals surface area contributed by atoms with Crippen molar-refractivity contribution in [3.8, 4) is 0 Å². The average molecular weight is 319 g/mol. The van der Waals surface area contributed by atoms with Gasteiger partial charge in [-0.2, -0.15) is 0 Å². The van der Waals surface area contributed by atoms with Crippen molar-refractivity contribution in [2.45, 2.75) is 19.4 Å². The molecule has 1 amide bonds.